The van der Waals surface area contributed by atoms with Gasteiger partial charge in [0.1, 0.15) is 11.3 Å². The summed E-state index contributed by atoms with van der Waals surface area (Å²) < 4.78 is 19.2. The molecule has 0 saturated heterocycles. The Morgan fingerprint density at radius 2 is 2.05 bits per heavy atom. The second kappa shape index (κ2) is 5.18. The fraction of sp³-hybridized carbons (Fsp3) is 0.0667. The van der Waals surface area contributed by atoms with Gasteiger partial charge in [0.05, 0.1) is 12.0 Å². The highest BCUT2D eigenvalue weighted by Gasteiger charge is 2.16. The number of aromatic nitrogens is 1. The van der Waals surface area contributed by atoms with Crippen LogP contribution in [0.4, 0.5) is 4.39 Å². The topological polar surface area (TPSA) is 63.3 Å². The Morgan fingerprint density at radius 1 is 1.29 bits per heavy atom. The van der Waals surface area contributed by atoms with Crippen molar-refractivity contribution in [3.63, 3.8) is 0 Å². The Bertz CT molecular complexity index is 824. The molecule has 0 aliphatic carbocycles. The van der Waals surface area contributed by atoms with Crippen LogP contribution in [0.5, 0.6) is 0 Å². The number of hydrogen-bond donors (Lipinski definition) is 1. The number of halogens is 2. The van der Waals surface area contributed by atoms with E-state index < -0.39 is 11.8 Å². The zero-order valence-corrected chi connectivity index (χ0v) is 11.4. The maximum absolute atomic E-state index is 13.8. The number of carboxylic acids is 1. The van der Waals surface area contributed by atoms with Gasteiger partial charge in [-0.05, 0) is 24.3 Å². The second-order valence-electron chi connectivity index (χ2n) is 4.44. The first-order valence-electron chi connectivity index (χ1n) is 6.11. The minimum atomic E-state index is -1.09. The molecule has 0 atom stereocenters. The van der Waals surface area contributed by atoms with Crippen molar-refractivity contribution in [3.8, 4) is 0 Å². The molecule has 1 N–H and O–H groups in total. The van der Waals surface area contributed by atoms with Gasteiger partial charge in [0, 0.05) is 10.6 Å². The standard InChI is InChI=1S/C15H9ClFNO3/c16-10-4-2-5-11(17)9(10)7-13-18-14-8(15(19)20)3-1-6-12(14)21-13/h1-6H,7H2,(H,19,20). The highest BCUT2D eigenvalue weighted by molar-refractivity contribution is 6.31. The third kappa shape index (κ3) is 2.48. The van der Waals surface area contributed by atoms with Gasteiger partial charge < -0.3 is 9.52 Å². The molecule has 6 heteroatoms. The molecule has 0 bridgehead atoms. The van der Waals surface area contributed by atoms with Crippen LogP contribution in [0.15, 0.2) is 40.8 Å². The van der Waals surface area contributed by atoms with E-state index in [2.05, 4.69) is 4.98 Å². The maximum Gasteiger partial charge on any atom is 0.338 e. The van der Waals surface area contributed by atoms with E-state index in [0.717, 1.165) is 0 Å². The van der Waals surface area contributed by atoms with E-state index in [1.54, 1.807) is 18.2 Å². The van der Waals surface area contributed by atoms with Crippen LogP contribution in [0.1, 0.15) is 21.8 Å². The van der Waals surface area contributed by atoms with Gasteiger partial charge in [0.15, 0.2) is 11.5 Å². The number of oxazole rings is 1. The summed E-state index contributed by atoms with van der Waals surface area (Å²) in [5.41, 5.74) is 0.898. The van der Waals surface area contributed by atoms with Crippen molar-refractivity contribution in [1.29, 1.82) is 0 Å². The summed E-state index contributed by atoms with van der Waals surface area (Å²) in [5.74, 6) is -1.33. The van der Waals surface area contributed by atoms with Gasteiger partial charge in [0.2, 0.25) is 0 Å². The molecule has 2 aromatic carbocycles. The summed E-state index contributed by atoms with van der Waals surface area (Å²) in [4.78, 5) is 15.3. The van der Waals surface area contributed by atoms with Gasteiger partial charge in [-0.1, -0.05) is 23.7 Å². The van der Waals surface area contributed by atoms with Crippen LogP contribution in [0.2, 0.25) is 5.02 Å². The summed E-state index contributed by atoms with van der Waals surface area (Å²) in [5, 5.41) is 9.38. The number of nitrogens with zero attached hydrogens (tertiary/aromatic N) is 1. The van der Waals surface area contributed by atoms with Gasteiger partial charge in [-0.15, -0.1) is 0 Å². The van der Waals surface area contributed by atoms with Crippen molar-refractivity contribution in [3.05, 3.63) is 64.3 Å². The van der Waals surface area contributed by atoms with Gasteiger partial charge in [0.25, 0.3) is 0 Å². The fourth-order valence-corrected chi connectivity index (χ4v) is 2.32. The highest BCUT2D eigenvalue weighted by atomic mass is 35.5. The summed E-state index contributed by atoms with van der Waals surface area (Å²) in [7, 11) is 0. The smallest absolute Gasteiger partial charge is 0.338 e. The average molecular weight is 306 g/mol. The minimum absolute atomic E-state index is 0.0436. The van der Waals surface area contributed by atoms with Crippen LogP contribution < -0.4 is 0 Å². The molecule has 0 saturated carbocycles. The first-order valence-corrected chi connectivity index (χ1v) is 6.48. The van der Waals surface area contributed by atoms with Gasteiger partial charge >= 0.3 is 5.97 Å². The normalized spacial score (nSPS) is 11.0. The molecule has 0 aliphatic heterocycles. The number of rotatable bonds is 3. The predicted octanol–water partition coefficient (Wildman–Crippen LogP) is 3.91. The van der Waals surface area contributed by atoms with Crippen LogP contribution in [0.25, 0.3) is 11.1 Å². The van der Waals surface area contributed by atoms with E-state index in [4.69, 9.17) is 21.1 Å². The molecule has 3 rings (SSSR count). The lowest BCUT2D eigenvalue weighted by molar-refractivity contribution is 0.0699. The quantitative estimate of drug-likeness (QED) is 0.797. The number of benzene rings is 2. The lowest BCUT2D eigenvalue weighted by atomic mass is 10.1. The number of carbonyl (C=O) groups is 1. The molecule has 1 heterocycles. The molecule has 21 heavy (non-hydrogen) atoms. The van der Waals surface area contributed by atoms with Gasteiger partial charge in [-0.25, -0.2) is 14.2 Å². The molecule has 4 nitrogen and oxygen atoms in total. The third-order valence-corrected chi connectivity index (χ3v) is 3.44. The zero-order chi connectivity index (χ0) is 15.0. The number of aromatic carboxylic acids is 1. The lowest BCUT2D eigenvalue weighted by Crippen LogP contribution is -1.97. The summed E-state index contributed by atoms with van der Waals surface area (Å²) in [6, 6.07) is 9.00. The summed E-state index contributed by atoms with van der Waals surface area (Å²) in [6.07, 6.45) is 0.0548. The van der Waals surface area contributed by atoms with Crippen molar-refractivity contribution in [2.24, 2.45) is 0 Å². The van der Waals surface area contributed by atoms with E-state index in [1.807, 2.05) is 0 Å². The molecule has 0 spiro atoms. The van der Waals surface area contributed by atoms with Crippen molar-refractivity contribution >= 4 is 28.7 Å². The Hall–Kier alpha value is -2.40. The zero-order valence-electron chi connectivity index (χ0n) is 10.6. The van der Waals surface area contributed by atoms with E-state index in [9.17, 15) is 9.18 Å². The van der Waals surface area contributed by atoms with Crippen molar-refractivity contribution < 1.29 is 18.7 Å². The average Bonchev–Trinajstić information content (AvgIpc) is 2.85. The fourth-order valence-electron chi connectivity index (χ4n) is 2.10. The second-order valence-corrected chi connectivity index (χ2v) is 4.85. The van der Waals surface area contributed by atoms with E-state index in [-0.39, 0.29) is 34.0 Å². The monoisotopic (exact) mass is 305 g/mol. The Labute approximate surface area is 123 Å². The first kappa shape index (κ1) is 13.6. The number of fused-ring (bicyclic) bond motifs is 1. The Kier molecular flexibility index (Phi) is 3.35. The van der Waals surface area contributed by atoms with Crippen LogP contribution in [-0.2, 0) is 6.42 Å². The maximum atomic E-state index is 13.8. The molecule has 0 radical (unpaired) electrons. The van der Waals surface area contributed by atoms with Crippen LogP contribution >= 0.6 is 11.6 Å². The minimum Gasteiger partial charge on any atom is -0.478 e. The molecule has 0 unspecified atom stereocenters. The first-order chi connectivity index (χ1) is 10.1. The van der Waals surface area contributed by atoms with E-state index in [0.29, 0.717) is 5.58 Å². The van der Waals surface area contributed by atoms with Crippen molar-refractivity contribution in [2.45, 2.75) is 6.42 Å². The largest absolute Gasteiger partial charge is 0.478 e. The van der Waals surface area contributed by atoms with Crippen LogP contribution in [0.3, 0.4) is 0 Å². The Morgan fingerprint density at radius 3 is 2.76 bits per heavy atom. The number of para-hydroxylation sites is 1. The molecular weight excluding hydrogens is 297 g/mol. The molecule has 3 aromatic rings. The molecular formula is C15H9ClFNO3. The molecule has 0 amide bonds. The summed E-state index contributed by atoms with van der Waals surface area (Å²) >= 11 is 5.96. The van der Waals surface area contributed by atoms with Gasteiger partial charge in [-0.2, -0.15) is 0 Å². The SMILES string of the molecule is O=C(O)c1cccc2oc(Cc3c(F)cccc3Cl)nc12. The molecule has 1 aromatic heterocycles. The molecule has 0 fully saturated rings. The number of hydrogen-bond acceptors (Lipinski definition) is 3. The van der Waals surface area contributed by atoms with Crippen LogP contribution in [-0.4, -0.2) is 16.1 Å². The van der Waals surface area contributed by atoms with E-state index >= 15 is 0 Å². The molecule has 106 valence electrons. The van der Waals surface area contributed by atoms with E-state index in [1.165, 1.54) is 18.2 Å². The van der Waals surface area contributed by atoms with Gasteiger partial charge in [-0.3, -0.25) is 0 Å². The predicted molar refractivity (Wildman–Crippen MR) is 75.2 cm³/mol. The van der Waals surface area contributed by atoms with Crippen molar-refractivity contribution in [1.82, 2.24) is 4.98 Å². The van der Waals surface area contributed by atoms with Crippen LogP contribution in [0, 0.1) is 5.82 Å². The highest BCUT2D eigenvalue weighted by Crippen LogP contribution is 2.25. The molecule has 0 aliphatic rings. The van der Waals surface area contributed by atoms with Crippen molar-refractivity contribution in [2.75, 3.05) is 0 Å². The number of carboxylic acid groups (broad SMARTS) is 1. The lowest BCUT2D eigenvalue weighted by Gasteiger charge is -2.02. The summed E-state index contributed by atoms with van der Waals surface area (Å²) in [6.45, 7) is 0. The Balaban J connectivity index is 2.06. The third-order valence-electron chi connectivity index (χ3n) is 3.08.